The van der Waals surface area contributed by atoms with Crippen molar-refractivity contribution in [3.8, 4) is 0 Å². The van der Waals surface area contributed by atoms with Gasteiger partial charge in [0.1, 0.15) is 12.4 Å². The predicted octanol–water partition coefficient (Wildman–Crippen LogP) is -0.00890. The average Bonchev–Trinajstić information content (AvgIpc) is 3.35. The van der Waals surface area contributed by atoms with Crippen LogP contribution in [0.5, 0.6) is 0 Å². The number of tetrazole rings is 1. The summed E-state index contributed by atoms with van der Waals surface area (Å²) in [4.78, 5) is 31.5. The van der Waals surface area contributed by atoms with Crippen LogP contribution in [0.15, 0.2) is 18.9 Å². The molecule has 1 atom stereocenters. The van der Waals surface area contributed by atoms with Crippen LogP contribution in [0, 0.1) is 5.92 Å². The monoisotopic (exact) mass is 360 g/mol. The van der Waals surface area contributed by atoms with E-state index < -0.39 is 6.04 Å². The van der Waals surface area contributed by atoms with Gasteiger partial charge in [0.2, 0.25) is 11.8 Å². The Morgan fingerprint density at radius 3 is 2.81 bits per heavy atom. The minimum atomic E-state index is -0.450. The summed E-state index contributed by atoms with van der Waals surface area (Å²) in [5, 5.41) is 16.9. The van der Waals surface area contributed by atoms with Crippen molar-refractivity contribution < 1.29 is 9.59 Å². The van der Waals surface area contributed by atoms with Crippen LogP contribution in [-0.2, 0) is 16.0 Å². The zero-order chi connectivity index (χ0) is 18.4. The standard InChI is InChI=1S/C16H24N8O2/c1-11(24-10-20-22-23-24)15(25)21-13-4-2-12(3-5-13)16(26)18-7-6-14-8-17-9-19-14/h8-13H,2-7H2,1H3,(H,17,19)(H,18,26)(H,21,25)/t11-,12?,13?/m0/s1. The molecule has 1 fully saturated rings. The van der Waals surface area contributed by atoms with E-state index in [0.717, 1.165) is 37.8 Å². The third-order valence-electron chi connectivity index (χ3n) is 4.83. The zero-order valence-corrected chi connectivity index (χ0v) is 14.8. The number of nitrogens with one attached hydrogen (secondary N) is 3. The molecule has 0 bridgehead atoms. The number of aromatic nitrogens is 6. The first kappa shape index (κ1) is 18.0. The van der Waals surface area contributed by atoms with Gasteiger partial charge in [0.05, 0.1) is 6.33 Å². The lowest BCUT2D eigenvalue weighted by molar-refractivity contribution is -0.126. The molecular formula is C16H24N8O2. The lowest BCUT2D eigenvalue weighted by Crippen LogP contribution is -2.43. The fraction of sp³-hybridized carbons (Fsp3) is 0.625. The number of imidazole rings is 1. The predicted molar refractivity (Wildman–Crippen MR) is 91.7 cm³/mol. The molecule has 140 valence electrons. The summed E-state index contributed by atoms with van der Waals surface area (Å²) in [5.41, 5.74) is 1.01. The Labute approximate surface area is 151 Å². The maximum absolute atomic E-state index is 12.3. The number of carbonyl (C=O) groups is 2. The van der Waals surface area contributed by atoms with Crippen molar-refractivity contribution >= 4 is 11.8 Å². The highest BCUT2D eigenvalue weighted by Crippen LogP contribution is 2.24. The molecule has 10 nitrogen and oxygen atoms in total. The summed E-state index contributed by atoms with van der Waals surface area (Å²) in [6.07, 6.45) is 8.71. The lowest BCUT2D eigenvalue weighted by atomic mass is 9.85. The largest absolute Gasteiger partial charge is 0.355 e. The van der Waals surface area contributed by atoms with Crippen molar-refractivity contribution in [1.82, 2.24) is 40.8 Å². The molecule has 0 spiro atoms. The maximum atomic E-state index is 12.3. The van der Waals surface area contributed by atoms with Crippen LogP contribution < -0.4 is 10.6 Å². The highest BCUT2D eigenvalue weighted by molar-refractivity contribution is 5.80. The summed E-state index contributed by atoms with van der Waals surface area (Å²) in [6.45, 7) is 2.35. The van der Waals surface area contributed by atoms with Crippen molar-refractivity contribution in [2.24, 2.45) is 5.92 Å². The fourth-order valence-corrected chi connectivity index (χ4v) is 3.17. The van der Waals surface area contributed by atoms with E-state index >= 15 is 0 Å². The molecule has 0 radical (unpaired) electrons. The Hall–Kier alpha value is -2.78. The third-order valence-corrected chi connectivity index (χ3v) is 4.83. The molecule has 2 amide bonds. The minimum Gasteiger partial charge on any atom is -0.355 e. The number of nitrogens with zero attached hydrogens (tertiary/aromatic N) is 5. The molecule has 2 aromatic heterocycles. The molecule has 3 N–H and O–H groups in total. The summed E-state index contributed by atoms with van der Waals surface area (Å²) in [7, 11) is 0. The van der Waals surface area contributed by atoms with Crippen LogP contribution in [-0.4, -0.2) is 54.6 Å². The fourth-order valence-electron chi connectivity index (χ4n) is 3.17. The van der Waals surface area contributed by atoms with E-state index in [-0.39, 0.29) is 23.8 Å². The molecular weight excluding hydrogens is 336 g/mol. The number of carbonyl (C=O) groups excluding carboxylic acids is 2. The summed E-state index contributed by atoms with van der Waals surface area (Å²) < 4.78 is 1.42. The number of hydrogen-bond donors (Lipinski definition) is 3. The molecule has 1 aliphatic carbocycles. The maximum Gasteiger partial charge on any atom is 0.244 e. The van der Waals surface area contributed by atoms with E-state index in [2.05, 4.69) is 36.1 Å². The van der Waals surface area contributed by atoms with Gasteiger partial charge in [-0.3, -0.25) is 9.59 Å². The van der Waals surface area contributed by atoms with Crippen LogP contribution in [0.3, 0.4) is 0 Å². The van der Waals surface area contributed by atoms with Gasteiger partial charge in [0, 0.05) is 36.8 Å². The molecule has 26 heavy (non-hydrogen) atoms. The Morgan fingerprint density at radius 2 is 2.15 bits per heavy atom. The first-order valence-corrected chi connectivity index (χ1v) is 8.91. The van der Waals surface area contributed by atoms with E-state index in [0.29, 0.717) is 6.54 Å². The van der Waals surface area contributed by atoms with Gasteiger partial charge in [0.15, 0.2) is 0 Å². The highest BCUT2D eigenvalue weighted by atomic mass is 16.2. The SMILES string of the molecule is C[C@@H](C(=O)NC1CCC(C(=O)NCCc2cnc[nH]2)CC1)n1cnnn1. The Bertz CT molecular complexity index is 692. The molecule has 1 saturated carbocycles. The summed E-state index contributed by atoms with van der Waals surface area (Å²) >= 11 is 0. The molecule has 0 saturated heterocycles. The molecule has 2 aromatic rings. The first-order valence-electron chi connectivity index (χ1n) is 8.91. The second-order valence-electron chi connectivity index (χ2n) is 6.64. The van der Waals surface area contributed by atoms with E-state index in [9.17, 15) is 9.59 Å². The van der Waals surface area contributed by atoms with Gasteiger partial charge in [-0.25, -0.2) is 9.67 Å². The van der Waals surface area contributed by atoms with Crippen molar-refractivity contribution in [3.63, 3.8) is 0 Å². The molecule has 2 heterocycles. The number of rotatable bonds is 7. The zero-order valence-electron chi connectivity index (χ0n) is 14.8. The second kappa shape index (κ2) is 8.54. The smallest absolute Gasteiger partial charge is 0.244 e. The molecule has 0 unspecified atom stereocenters. The van der Waals surface area contributed by atoms with Gasteiger partial charge in [-0.05, 0) is 43.0 Å². The van der Waals surface area contributed by atoms with Gasteiger partial charge < -0.3 is 15.6 Å². The molecule has 0 aromatic carbocycles. The number of H-pyrrole nitrogens is 1. The topological polar surface area (TPSA) is 130 Å². The van der Waals surface area contributed by atoms with E-state index in [1.807, 2.05) is 0 Å². The van der Waals surface area contributed by atoms with Gasteiger partial charge >= 0.3 is 0 Å². The van der Waals surface area contributed by atoms with Crippen LogP contribution in [0.1, 0.15) is 44.3 Å². The molecule has 10 heteroatoms. The Kier molecular flexibility index (Phi) is 5.92. The number of hydrogen-bond acceptors (Lipinski definition) is 6. The van der Waals surface area contributed by atoms with Gasteiger partial charge in [0.25, 0.3) is 0 Å². The average molecular weight is 360 g/mol. The molecule has 0 aliphatic heterocycles. The van der Waals surface area contributed by atoms with Gasteiger partial charge in [-0.2, -0.15) is 0 Å². The van der Waals surface area contributed by atoms with Crippen molar-refractivity contribution in [2.45, 2.75) is 51.1 Å². The van der Waals surface area contributed by atoms with E-state index in [1.54, 1.807) is 19.4 Å². The Morgan fingerprint density at radius 1 is 1.35 bits per heavy atom. The van der Waals surface area contributed by atoms with E-state index in [1.165, 1.54) is 11.0 Å². The normalized spacial score (nSPS) is 21.1. The van der Waals surface area contributed by atoms with Crippen LogP contribution in [0.25, 0.3) is 0 Å². The van der Waals surface area contributed by atoms with Gasteiger partial charge in [-0.15, -0.1) is 5.10 Å². The Balaban J connectivity index is 1.36. The summed E-state index contributed by atoms with van der Waals surface area (Å²) in [5.74, 6) is 0.00275. The van der Waals surface area contributed by atoms with E-state index in [4.69, 9.17) is 0 Å². The highest BCUT2D eigenvalue weighted by Gasteiger charge is 2.28. The van der Waals surface area contributed by atoms with Crippen molar-refractivity contribution in [3.05, 3.63) is 24.5 Å². The van der Waals surface area contributed by atoms with Crippen LogP contribution in [0.4, 0.5) is 0 Å². The number of amides is 2. The van der Waals surface area contributed by atoms with Gasteiger partial charge in [-0.1, -0.05) is 0 Å². The molecule has 1 aliphatic rings. The lowest BCUT2D eigenvalue weighted by Gasteiger charge is -2.29. The van der Waals surface area contributed by atoms with Crippen LogP contribution in [0.2, 0.25) is 0 Å². The first-order chi connectivity index (χ1) is 12.6. The summed E-state index contributed by atoms with van der Waals surface area (Å²) in [6, 6.07) is -0.357. The van der Waals surface area contributed by atoms with Crippen LogP contribution >= 0.6 is 0 Å². The third kappa shape index (κ3) is 4.64. The minimum absolute atomic E-state index is 0.0156. The molecule has 3 rings (SSSR count). The van der Waals surface area contributed by atoms with Crippen molar-refractivity contribution in [1.29, 1.82) is 0 Å². The number of aromatic amines is 1. The quantitative estimate of drug-likeness (QED) is 0.637. The van der Waals surface area contributed by atoms with Crippen molar-refractivity contribution in [2.75, 3.05) is 6.54 Å². The second-order valence-corrected chi connectivity index (χ2v) is 6.64.